The Bertz CT molecular complexity index is 1070. The van der Waals surface area contributed by atoms with E-state index in [0.29, 0.717) is 42.1 Å². The minimum atomic E-state index is -0.366. The second kappa shape index (κ2) is 9.56. The van der Waals surface area contributed by atoms with E-state index in [0.717, 1.165) is 5.56 Å². The van der Waals surface area contributed by atoms with Crippen LogP contribution in [0.3, 0.4) is 0 Å². The van der Waals surface area contributed by atoms with Crippen molar-refractivity contribution in [3.63, 3.8) is 0 Å². The van der Waals surface area contributed by atoms with Gasteiger partial charge in [0.15, 0.2) is 0 Å². The molecule has 0 unspecified atom stereocenters. The van der Waals surface area contributed by atoms with Crippen LogP contribution in [0.15, 0.2) is 48.5 Å². The number of anilines is 1. The zero-order chi connectivity index (χ0) is 21.5. The van der Waals surface area contributed by atoms with Crippen LogP contribution in [-0.2, 0) is 17.6 Å². The topological polar surface area (TPSA) is 106 Å². The highest BCUT2D eigenvalue weighted by atomic mass is 19.1. The highest BCUT2D eigenvalue weighted by molar-refractivity contribution is 5.78. The number of amides is 1. The first kappa shape index (κ1) is 20.9. The molecule has 3 N–H and O–H groups in total. The maximum atomic E-state index is 13.1. The van der Waals surface area contributed by atoms with Gasteiger partial charge in [0.1, 0.15) is 29.0 Å². The molecule has 0 saturated carbocycles. The number of nitriles is 1. The fraction of sp³-hybridized carbons (Fsp3) is 0.227. The average Bonchev–Trinajstić information content (AvgIpc) is 3.07. The van der Waals surface area contributed by atoms with Gasteiger partial charge in [0.2, 0.25) is 5.91 Å². The third-order valence-electron chi connectivity index (χ3n) is 4.59. The summed E-state index contributed by atoms with van der Waals surface area (Å²) in [6, 6.07) is 15.1. The Labute approximate surface area is 173 Å². The fourth-order valence-corrected chi connectivity index (χ4v) is 3.07. The first-order valence-corrected chi connectivity index (χ1v) is 9.45. The van der Waals surface area contributed by atoms with Crippen molar-refractivity contribution in [2.45, 2.75) is 19.3 Å². The molecule has 30 heavy (non-hydrogen) atoms. The number of carbonyl (C=O) groups excluding carboxylic acids is 1. The van der Waals surface area contributed by atoms with E-state index in [2.05, 4.69) is 16.5 Å². The molecule has 154 valence electrons. The molecule has 3 aromatic rings. The van der Waals surface area contributed by atoms with Gasteiger partial charge in [0.05, 0.1) is 24.9 Å². The summed E-state index contributed by atoms with van der Waals surface area (Å²) in [4.78, 5) is 12.1. The van der Waals surface area contributed by atoms with Crippen molar-refractivity contribution in [1.82, 2.24) is 15.1 Å². The SMILES string of the molecule is COc1cccc(CC(=O)NCCCc2nn(-c3ccc(F)cc3)c(N)c2C#N)c1. The van der Waals surface area contributed by atoms with Crippen LogP contribution in [0.2, 0.25) is 0 Å². The molecule has 1 amide bonds. The summed E-state index contributed by atoms with van der Waals surface area (Å²) in [7, 11) is 1.58. The van der Waals surface area contributed by atoms with Crippen LogP contribution >= 0.6 is 0 Å². The molecule has 0 saturated heterocycles. The largest absolute Gasteiger partial charge is 0.497 e. The van der Waals surface area contributed by atoms with Crippen LogP contribution in [0.5, 0.6) is 5.75 Å². The molecule has 0 aliphatic heterocycles. The van der Waals surface area contributed by atoms with Gasteiger partial charge in [-0.15, -0.1) is 0 Å². The fourth-order valence-electron chi connectivity index (χ4n) is 3.07. The van der Waals surface area contributed by atoms with E-state index < -0.39 is 0 Å². The minimum Gasteiger partial charge on any atom is -0.497 e. The maximum Gasteiger partial charge on any atom is 0.224 e. The van der Waals surface area contributed by atoms with Crippen LogP contribution in [-0.4, -0.2) is 29.3 Å². The van der Waals surface area contributed by atoms with Crippen molar-refractivity contribution in [1.29, 1.82) is 5.26 Å². The van der Waals surface area contributed by atoms with E-state index in [1.165, 1.54) is 16.8 Å². The van der Waals surface area contributed by atoms with Gasteiger partial charge in [0.25, 0.3) is 0 Å². The number of rotatable bonds is 8. The van der Waals surface area contributed by atoms with Gasteiger partial charge >= 0.3 is 0 Å². The van der Waals surface area contributed by atoms with Gasteiger partial charge < -0.3 is 15.8 Å². The number of carbonyl (C=O) groups is 1. The number of nitrogens with zero attached hydrogens (tertiary/aromatic N) is 3. The Morgan fingerprint density at radius 2 is 2.07 bits per heavy atom. The van der Waals surface area contributed by atoms with Crippen molar-refractivity contribution >= 4 is 11.7 Å². The first-order chi connectivity index (χ1) is 14.5. The number of nitrogens with one attached hydrogen (secondary N) is 1. The number of hydrogen-bond donors (Lipinski definition) is 2. The molecule has 0 spiro atoms. The Morgan fingerprint density at radius 3 is 2.77 bits per heavy atom. The van der Waals surface area contributed by atoms with E-state index in [9.17, 15) is 14.4 Å². The second-order valence-corrected chi connectivity index (χ2v) is 6.69. The lowest BCUT2D eigenvalue weighted by Gasteiger charge is -2.06. The van der Waals surface area contributed by atoms with Crippen LogP contribution in [0.1, 0.15) is 23.2 Å². The molecule has 3 rings (SSSR count). The number of aromatic nitrogens is 2. The lowest BCUT2D eigenvalue weighted by Crippen LogP contribution is -2.26. The third-order valence-corrected chi connectivity index (χ3v) is 4.59. The first-order valence-electron chi connectivity index (χ1n) is 9.45. The maximum absolute atomic E-state index is 13.1. The number of benzene rings is 2. The van der Waals surface area contributed by atoms with Crippen LogP contribution in [0.4, 0.5) is 10.2 Å². The van der Waals surface area contributed by atoms with E-state index in [1.54, 1.807) is 19.2 Å². The van der Waals surface area contributed by atoms with Crippen LogP contribution in [0, 0.1) is 17.1 Å². The molecule has 0 aliphatic rings. The van der Waals surface area contributed by atoms with E-state index in [1.807, 2.05) is 24.3 Å². The molecular formula is C22H22FN5O2. The van der Waals surface area contributed by atoms with Gasteiger partial charge in [-0.2, -0.15) is 10.4 Å². The smallest absolute Gasteiger partial charge is 0.224 e. The number of halogens is 1. The summed E-state index contributed by atoms with van der Waals surface area (Å²) in [5.74, 6) is 0.454. The Kier molecular flexibility index (Phi) is 6.65. The standard InChI is InChI=1S/C22H22FN5O2/c1-30-18-5-2-4-15(12-18)13-21(29)26-11-3-6-20-19(14-24)22(25)28(27-20)17-9-7-16(23)8-10-17/h2,4-5,7-10,12H,3,6,11,13,25H2,1H3,(H,26,29). The molecule has 1 aromatic heterocycles. The van der Waals surface area contributed by atoms with Crippen LogP contribution < -0.4 is 15.8 Å². The Hall–Kier alpha value is -3.86. The highest BCUT2D eigenvalue weighted by Crippen LogP contribution is 2.21. The summed E-state index contributed by atoms with van der Waals surface area (Å²) in [6.45, 7) is 0.441. The lowest BCUT2D eigenvalue weighted by molar-refractivity contribution is -0.120. The molecule has 0 aliphatic carbocycles. The summed E-state index contributed by atoms with van der Waals surface area (Å²) in [5, 5.41) is 16.7. The van der Waals surface area contributed by atoms with Crippen molar-refractivity contribution in [3.8, 4) is 17.5 Å². The average molecular weight is 407 g/mol. The van der Waals surface area contributed by atoms with Gasteiger partial charge in [-0.05, 0) is 54.8 Å². The Morgan fingerprint density at radius 1 is 1.30 bits per heavy atom. The zero-order valence-corrected chi connectivity index (χ0v) is 16.6. The van der Waals surface area contributed by atoms with Crippen molar-refractivity contribution in [3.05, 3.63) is 71.2 Å². The summed E-state index contributed by atoms with van der Waals surface area (Å²) >= 11 is 0. The van der Waals surface area contributed by atoms with E-state index in [4.69, 9.17) is 10.5 Å². The van der Waals surface area contributed by atoms with Crippen LogP contribution in [0.25, 0.3) is 5.69 Å². The molecule has 1 heterocycles. The van der Waals surface area contributed by atoms with Gasteiger partial charge in [-0.3, -0.25) is 4.79 Å². The van der Waals surface area contributed by atoms with Crippen molar-refractivity contribution < 1.29 is 13.9 Å². The van der Waals surface area contributed by atoms with E-state index in [-0.39, 0.29) is 24.0 Å². The monoisotopic (exact) mass is 407 g/mol. The number of hydrogen-bond acceptors (Lipinski definition) is 5. The molecule has 2 aromatic carbocycles. The number of aryl methyl sites for hydroxylation is 1. The van der Waals surface area contributed by atoms with Gasteiger partial charge in [-0.1, -0.05) is 12.1 Å². The van der Waals surface area contributed by atoms with Crippen molar-refractivity contribution in [2.24, 2.45) is 0 Å². The van der Waals surface area contributed by atoms with Gasteiger partial charge in [-0.25, -0.2) is 9.07 Å². The zero-order valence-electron chi connectivity index (χ0n) is 16.6. The predicted molar refractivity (Wildman–Crippen MR) is 111 cm³/mol. The molecule has 0 bridgehead atoms. The molecule has 0 radical (unpaired) electrons. The molecular weight excluding hydrogens is 385 g/mol. The Balaban J connectivity index is 1.57. The summed E-state index contributed by atoms with van der Waals surface area (Å²) in [5.41, 5.74) is 8.33. The lowest BCUT2D eigenvalue weighted by atomic mass is 10.1. The van der Waals surface area contributed by atoms with Gasteiger partial charge in [0, 0.05) is 6.54 Å². The normalized spacial score (nSPS) is 10.4. The summed E-state index contributed by atoms with van der Waals surface area (Å²) in [6.07, 6.45) is 1.33. The molecule has 7 nitrogen and oxygen atoms in total. The molecule has 8 heteroatoms. The third kappa shape index (κ3) is 4.94. The summed E-state index contributed by atoms with van der Waals surface area (Å²) < 4.78 is 19.7. The number of nitrogens with two attached hydrogens (primary N) is 1. The van der Waals surface area contributed by atoms with Crippen molar-refractivity contribution in [2.75, 3.05) is 19.4 Å². The second-order valence-electron chi connectivity index (χ2n) is 6.69. The molecule has 0 fully saturated rings. The number of ether oxygens (including phenoxy) is 1. The number of nitrogen functional groups attached to an aromatic ring is 1. The number of methoxy groups -OCH3 is 1. The molecule has 0 atom stereocenters. The quantitative estimate of drug-likeness (QED) is 0.559. The minimum absolute atomic E-state index is 0.0971. The predicted octanol–water partition coefficient (Wildman–Crippen LogP) is 2.77. The highest BCUT2D eigenvalue weighted by Gasteiger charge is 2.16. The van der Waals surface area contributed by atoms with E-state index >= 15 is 0 Å².